The van der Waals surface area contributed by atoms with Gasteiger partial charge in [-0.05, 0) is 37.2 Å². The van der Waals surface area contributed by atoms with Crippen LogP contribution in [-0.2, 0) is 9.53 Å². The van der Waals surface area contributed by atoms with E-state index in [0.29, 0.717) is 28.7 Å². The molecule has 0 N–H and O–H groups in total. The van der Waals surface area contributed by atoms with Crippen molar-refractivity contribution in [2.24, 2.45) is 4.99 Å². The van der Waals surface area contributed by atoms with Crippen LogP contribution in [-0.4, -0.2) is 46.2 Å². The normalized spacial score (nSPS) is 25.9. The number of hydrogen-bond donors (Lipinski definition) is 0. The second-order valence-corrected chi connectivity index (χ2v) is 6.83. The molecule has 8 heteroatoms. The summed E-state index contributed by atoms with van der Waals surface area (Å²) in [6, 6.07) is 6.19. The first-order chi connectivity index (χ1) is 11.4. The van der Waals surface area contributed by atoms with Crippen molar-refractivity contribution in [1.29, 1.82) is 0 Å². The first-order valence-corrected chi connectivity index (χ1v) is 8.41. The van der Waals surface area contributed by atoms with Crippen LogP contribution in [0.5, 0.6) is 0 Å². The van der Waals surface area contributed by atoms with Crippen LogP contribution >= 0.6 is 11.8 Å². The van der Waals surface area contributed by atoms with E-state index in [9.17, 15) is 14.9 Å². The number of carbonyl (C=O) groups is 1. The van der Waals surface area contributed by atoms with E-state index in [1.54, 1.807) is 18.2 Å². The third-order valence-electron chi connectivity index (χ3n) is 3.68. The van der Waals surface area contributed by atoms with Crippen LogP contribution in [0, 0.1) is 10.1 Å². The second kappa shape index (κ2) is 6.74. The molecule has 0 aromatic heterocycles. The van der Waals surface area contributed by atoms with Crippen LogP contribution in [0.25, 0.3) is 6.08 Å². The van der Waals surface area contributed by atoms with Gasteiger partial charge in [-0.2, -0.15) is 4.99 Å². The third-order valence-corrected chi connectivity index (χ3v) is 4.72. The fourth-order valence-corrected chi connectivity index (χ4v) is 3.68. The number of nitro groups is 1. The number of amidine groups is 1. The molecule has 0 spiro atoms. The lowest BCUT2D eigenvalue weighted by molar-refractivity contribution is -0.384. The predicted molar refractivity (Wildman–Crippen MR) is 92.7 cm³/mol. The van der Waals surface area contributed by atoms with Crippen molar-refractivity contribution in [2.45, 2.75) is 26.1 Å². The summed E-state index contributed by atoms with van der Waals surface area (Å²) < 4.78 is 5.69. The van der Waals surface area contributed by atoms with Gasteiger partial charge in [-0.3, -0.25) is 14.9 Å². The van der Waals surface area contributed by atoms with Crippen molar-refractivity contribution in [3.05, 3.63) is 44.8 Å². The quantitative estimate of drug-likeness (QED) is 0.464. The lowest BCUT2D eigenvalue weighted by Gasteiger charge is -2.35. The molecule has 1 fully saturated rings. The van der Waals surface area contributed by atoms with E-state index < -0.39 is 4.92 Å². The number of nitrogens with zero attached hydrogens (tertiary/aromatic N) is 3. The highest BCUT2D eigenvalue weighted by Gasteiger charge is 2.31. The Hall–Kier alpha value is -2.19. The van der Waals surface area contributed by atoms with Gasteiger partial charge >= 0.3 is 0 Å². The topological polar surface area (TPSA) is 85.0 Å². The van der Waals surface area contributed by atoms with Crippen molar-refractivity contribution in [2.75, 3.05) is 13.1 Å². The number of hydrogen-bond acceptors (Lipinski definition) is 6. The minimum Gasteiger partial charge on any atom is -0.372 e. The van der Waals surface area contributed by atoms with Crippen LogP contribution in [0.15, 0.2) is 34.2 Å². The fraction of sp³-hybridized carbons (Fsp3) is 0.375. The summed E-state index contributed by atoms with van der Waals surface area (Å²) in [5.41, 5.74) is 0.608. The summed E-state index contributed by atoms with van der Waals surface area (Å²) in [4.78, 5) is 29.2. The van der Waals surface area contributed by atoms with Crippen LogP contribution in [0.2, 0.25) is 0 Å². The number of nitro benzene ring substituents is 1. The number of thioether (sulfide) groups is 1. The van der Waals surface area contributed by atoms with Gasteiger partial charge in [0.15, 0.2) is 5.17 Å². The number of morpholine rings is 1. The molecule has 2 unspecified atom stereocenters. The lowest BCUT2D eigenvalue weighted by Crippen LogP contribution is -2.47. The molecule has 0 saturated carbocycles. The highest BCUT2D eigenvalue weighted by molar-refractivity contribution is 8.18. The molecule has 1 aromatic carbocycles. The SMILES string of the molecule is CC1CN(C2=NC(=O)C(=Cc3cccc([N+](=O)[O-])c3)S2)CC(C)O1. The van der Waals surface area contributed by atoms with Gasteiger partial charge in [-0.1, -0.05) is 12.1 Å². The van der Waals surface area contributed by atoms with Crippen LogP contribution in [0.3, 0.4) is 0 Å². The van der Waals surface area contributed by atoms with Crippen LogP contribution < -0.4 is 0 Å². The maximum Gasteiger partial charge on any atom is 0.286 e. The largest absolute Gasteiger partial charge is 0.372 e. The van der Waals surface area contributed by atoms with Gasteiger partial charge in [0.1, 0.15) is 0 Å². The van der Waals surface area contributed by atoms with Gasteiger partial charge in [0.25, 0.3) is 11.6 Å². The maximum atomic E-state index is 12.1. The van der Waals surface area contributed by atoms with Crippen molar-refractivity contribution in [3.8, 4) is 0 Å². The van der Waals surface area contributed by atoms with Crippen LogP contribution in [0.4, 0.5) is 5.69 Å². The molecule has 24 heavy (non-hydrogen) atoms. The molecule has 2 heterocycles. The fourth-order valence-electron chi connectivity index (χ4n) is 2.75. The monoisotopic (exact) mass is 347 g/mol. The third kappa shape index (κ3) is 3.65. The first-order valence-electron chi connectivity index (χ1n) is 7.60. The van der Waals surface area contributed by atoms with E-state index in [1.165, 1.54) is 23.9 Å². The van der Waals surface area contributed by atoms with E-state index in [4.69, 9.17) is 4.74 Å². The summed E-state index contributed by atoms with van der Waals surface area (Å²) in [7, 11) is 0. The summed E-state index contributed by atoms with van der Waals surface area (Å²) in [5, 5.41) is 11.5. The molecule has 126 valence electrons. The number of ether oxygens (including phenoxy) is 1. The lowest BCUT2D eigenvalue weighted by atomic mass is 10.2. The minimum atomic E-state index is -0.454. The zero-order valence-electron chi connectivity index (χ0n) is 13.3. The average Bonchev–Trinajstić information content (AvgIpc) is 2.88. The van der Waals surface area contributed by atoms with E-state index >= 15 is 0 Å². The summed E-state index contributed by atoms with van der Waals surface area (Å²) in [6.45, 7) is 5.36. The number of carbonyl (C=O) groups excluding carboxylic acids is 1. The minimum absolute atomic E-state index is 0.00299. The number of amides is 1. The van der Waals surface area contributed by atoms with Gasteiger partial charge in [0.2, 0.25) is 0 Å². The van der Waals surface area contributed by atoms with Gasteiger partial charge in [-0.25, -0.2) is 0 Å². The molecule has 0 aliphatic carbocycles. The van der Waals surface area contributed by atoms with Gasteiger partial charge in [0.05, 0.1) is 22.0 Å². The molecule has 2 aliphatic heterocycles. The molecule has 3 rings (SSSR count). The molecule has 1 aromatic rings. The highest BCUT2D eigenvalue weighted by Crippen LogP contribution is 2.32. The number of rotatable bonds is 2. The van der Waals surface area contributed by atoms with Crippen molar-refractivity contribution in [3.63, 3.8) is 0 Å². The highest BCUT2D eigenvalue weighted by atomic mass is 32.2. The molecule has 1 saturated heterocycles. The first kappa shape index (κ1) is 16.7. The smallest absolute Gasteiger partial charge is 0.286 e. The molecular formula is C16H17N3O4S. The zero-order chi connectivity index (χ0) is 17.3. The summed E-state index contributed by atoms with van der Waals surface area (Å²) in [6.07, 6.45) is 1.80. The predicted octanol–water partition coefficient (Wildman–Crippen LogP) is 2.67. The Kier molecular flexibility index (Phi) is 4.68. The Bertz CT molecular complexity index is 737. The zero-order valence-corrected chi connectivity index (χ0v) is 14.2. The molecule has 0 radical (unpaired) electrons. The van der Waals surface area contributed by atoms with Gasteiger partial charge < -0.3 is 9.64 Å². The number of non-ortho nitro benzene ring substituents is 1. The van der Waals surface area contributed by atoms with Gasteiger partial charge in [0, 0.05) is 25.2 Å². The summed E-state index contributed by atoms with van der Waals surface area (Å²) in [5.74, 6) is -0.312. The van der Waals surface area contributed by atoms with Crippen molar-refractivity contribution in [1.82, 2.24) is 4.90 Å². The molecule has 7 nitrogen and oxygen atoms in total. The average molecular weight is 347 g/mol. The van der Waals surface area contributed by atoms with E-state index in [1.807, 2.05) is 13.8 Å². The second-order valence-electron chi connectivity index (χ2n) is 5.82. The van der Waals surface area contributed by atoms with Crippen molar-refractivity contribution >= 4 is 34.6 Å². The Morgan fingerprint density at radius 2 is 2.08 bits per heavy atom. The number of aliphatic imine (C=N–C) groups is 1. The Balaban J connectivity index is 1.77. The van der Waals surface area contributed by atoms with Gasteiger partial charge in [-0.15, -0.1) is 0 Å². The summed E-state index contributed by atoms with van der Waals surface area (Å²) >= 11 is 1.30. The molecule has 2 atom stereocenters. The Morgan fingerprint density at radius 3 is 2.75 bits per heavy atom. The standard InChI is InChI=1S/C16H17N3O4S/c1-10-8-18(9-11(2)23-10)16-17-15(20)14(24-16)7-12-4-3-5-13(6-12)19(21)22/h3-7,10-11H,8-9H2,1-2H3. The maximum absolute atomic E-state index is 12.1. The molecule has 2 aliphatic rings. The van der Waals surface area contributed by atoms with E-state index in [-0.39, 0.29) is 23.8 Å². The van der Waals surface area contributed by atoms with E-state index in [0.717, 1.165) is 0 Å². The van der Waals surface area contributed by atoms with Crippen molar-refractivity contribution < 1.29 is 14.5 Å². The molecular weight excluding hydrogens is 330 g/mol. The molecule has 1 amide bonds. The van der Waals surface area contributed by atoms with Crippen LogP contribution in [0.1, 0.15) is 19.4 Å². The Morgan fingerprint density at radius 1 is 1.38 bits per heavy atom. The molecule has 0 bridgehead atoms. The van der Waals surface area contributed by atoms with E-state index in [2.05, 4.69) is 9.89 Å². The Labute approximate surface area is 143 Å². The number of benzene rings is 1.